The van der Waals surface area contributed by atoms with Gasteiger partial charge in [0.05, 0.1) is 17.6 Å². The van der Waals surface area contributed by atoms with E-state index in [0.29, 0.717) is 5.92 Å². The predicted molar refractivity (Wildman–Crippen MR) is 69.6 cm³/mol. The molecule has 1 fully saturated rings. The first-order chi connectivity index (χ1) is 7.75. The quantitative estimate of drug-likeness (QED) is 0.770. The highest BCUT2D eigenvalue weighted by Crippen LogP contribution is 2.19. The summed E-state index contributed by atoms with van der Waals surface area (Å²) in [4.78, 5) is 6.87. The molecule has 0 radical (unpaired) electrons. The number of hydrogen-bond acceptors (Lipinski definition) is 2. The van der Waals surface area contributed by atoms with Gasteiger partial charge in [0.15, 0.2) is 0 Å². The van der Waals surface area contributed by atoms with Gasteiger partial charge in [-0.25, -0.2) is 0 Å². The highest BCUT2D eigenvalue weighted by atomic mass is 15.1. The molecule has 0 aliphatic carbocycles. The Morgan fingerprint density at radius 2 is 2.00 bits per heavy atom. The maximum Gasteiger partial charge on any atom is 0.0628 e. The zero-order valence-electron chi connectivity index (χ0n) is 10.2. The van der Waals surface area contributed by atoms with Crippen LogP contribution >= 0.6 is 0 Å². The van der Waals surface area contributed by atoms with Crippen molar-refractivity contribution < 1.29 is 0 Å². The fourth-order valence-corrected chi connectivity index (χ4v) is 1.95. The van der Waals surface area contributed by atoms with Crippen LogP contribution in [0.5, 0.6) is 0 Å². The Labute approximate surface area is 98.0 Å². The lowest BCUT2D eigenvalue weighted by atomic mass is 10.2. The zero-order valence-corrected chi connectivity index (χ0v) is 10.2. The minimum Gasteiger partial charge on any atom is -0.370 e. The fourth-order valence-electron chi connectivity index (χ4n) is 1.95. The van der Waals surface area contributed by atoms with Crippen molar-refractivity contribution in [3.8, 4) is 0 Å². The first-order valence-corrected chi connectivity index (χ1v) is 6.15. The summed E-state index contributed by atoms with van der Waals surface area (Å²) in [6, 6.07) is 4.28. The highest BCUT2D eigenvalue weighted by molar-refractivity contribution is 5.51. The van der Waals surface area contributed by atoms with Crippen molar-refractivity contribution in [1.29, 1.82) is 0 Å². The normalized spacial score (nSPS) is 16.6. The maximum absolute atomic E-state index is 4.47. The van der Waals surface area contributed by atoms with E-state index in [9.17, 15) is 0 Å². The zero-order chi connectivity index (χ0) is 11.4. The molecule has 0 aromatic carbocycles. The number of pyridine rings is 1. The second-order valence-corrected chi connectivity index (χ2v) is 4.74. The van der Waals surface area contributed by atoms with Gasteiger partial charge in [-0.1, -0.05) is 19.9 Å². The molecule has 86 valence electrons. The minimum atomic E-state index is 0.583. The lowest BCUT2D eigenvalue weighted by Gasteiger charge is -2.16. The van der Waals surface area contributed by atoms with E-state index in [1.165, 1.54) is 31.6 Å². The molecular weight excluding hydrogens is 196 g/mol. The molecule has 0 spiro atoms. The van der Waals surface area contributed by atoms with Crippen LogP contribution in [0.2, 0.25) is 0 Å². The highest BCUT2D eigenvalue weighted by Gasteiger charge is 2.11. The van der Waals surface area contributed by atoms with Crippen LogP contribution in [0.15, 0.2) is 24.4 Å². The van der Waals surface area contributed by atoms with Gasteiger partial charge in [-0.2, -0.15) is 0 Å². The number of allylic oxidation sites excluding steroid dienone is 1. The molecule has 1 aromatic rings. The largest absolute Gasteiger partial charge is 0.370 e. The first-order valence-electron chi connectivity index (χ1n) is 6.15. The third-order valence-corrected chi connectivity index (χ3v) is 2.89. The van der Waals surface area contributed by atoms with Crippen molar-refractivity contribution in [2.24, 2.45) is 5.92 Å². The van der Waals surface area contributed by atoms with Gasteiger partial charge in [0.1, 0.15) is 0 Å². The van der Waals surface area contributed by atoms with E-state index >= 15 is 0 Å². The van der Waals surface area contributed by atoms with E-state index in [4.69, 9.17) is 0 Å². The van der Waals surface area contributed by atoms with Gasteiger partial charge in [0.25, 0.3) is 0 Å². The lowest BCUT2D eigenvalue weighted by Crippen LogP contribution is -2.17. The molecule has 1 aromatic heterocycles. The topological polar surface area (TPSA) is 16.1 Å². The smallest absolute Gasteiger partial charge is 0.0628 e. The summed E-state index contributed by atoms with van der Waals surface area (Å²) >= 11 is 0. The number of hydrogen-bond donors (Lipinski definition) is 0. The molecule has 0 N–H and O–H groups in total. The summed E-state index contributed by atoms with van der Waals surface area (Å²) in [7, 11) is 0. The molecule has 0 bridgehead atoms. The van der Waals surface area contributed by atoms with Gasteiger partial charge < -0.3 is 4.90 Å². The predicted octanol–water partition coefficient (Wildman–Crippen LogP) is 3.35. The average Bonchev–Trinajstić information content (AvgIpc) is 2.80. The summed E-state index contributed by atoms with van der Waals surface area (Å²) in [6.07, 6.45) is 8.89. The molecule has 1 aliphatic rings. The van der Waals surface area contributed by atoms with Crippen LogP contribution in [0.1, 0.15) is 32.4 Å². The van der Waals surface area contributed by atoms with Crippen molar-refractivity contribution >= 4 is 11.8 Å². The van der Waals surface area contributed by atoms with Gasteiger partial charge in [-0.3, -0.25) is 4.98 Å². The summed E-state index contributed by atoms with van der Waals surface area (Å²) in [5.41, 5.74) is 2.32. The number of nitrogens with zero attached hydrogens (tertiary/aromatic N) is 2. The Balaban J connectivity index is 2.04. The van der Waals surface area contributed by atoms with Gasteiger partial charge in [-0.15, -0.1) is 0 Å². The van der Waals surface area contributed by atoms with Gasteiger partial charge in [0, 0.05) is 13.1 Å². The second-order valence-electron chi connectivity index (χ2n) is 4.74. The molecule has 0 saturated carbocycles. The number of rotatable bonds is 3. The van der Waals surface area contributed by atoms with Crippen molar-refractivity contribution in [3.05, 3.63) is 30.1 Å². The molecule has 16 heavy (non-hydrogen) atoms. The van der Waals surface area contributed by atoms with E-state index in [1.807, 2.05) is 6.20 Å². The van der Waals surface area contributed by atoms with E-state index in [2.05, 4.69) is 48.0 Å². The van der Waals surface area contributed by atoms with E-state index < -0.39 is 0 Å². The Morgan fingerprint density at radius 3 is 2.56 bits per heavy atom. The third-order valence-electron chi connectivity index (χ3n) is 2.89. The molecule has 2 rings (SSSR count). The number of aromatic nitrogens is 1. The fraction of sp³-hybridized carbons (Fsp3) is 0.500. The van der Waals surface area contributed by atoms with Crippen LogP contribution in [0.25, 0.3) is 6.08 Å². The number of anilines is 1. The molecule has 0 unspecified atom stereocenters. The van der Waals surface area contributed by atoms with Crippen LogP contribution < -0.4 is 4.90 Å². The summed E-state index contributed by atoms with van der Waals surface area (Å²) in [6.45, 7) is 6.72. The molecule has 0 atom stereocenters. The van der Waals surface area contributed by atoms with Crippen LogP contribution in [0.4, 0.5) is 5.69 Å². The minimum absolute atomic E-state index is 0.583. The van der Waals surface area contributed by atoms with E-state index in [1.54, 1.807) is 0 Å². The van der Waals surface area contributed by atoms with E-state index in [-0.39, 0.29) is 0 Å². The van der Waals surface area contributed by atoms with Crippen LogP contribution in [0, 0.1) is 5.92 Å². The monoisotopic (exact) mass is 216 g/mol. The van der Waals surface area contributed by atoms with Crippen LogP contribution in [0.3, 0.4) is 0 Å². The summed E-state index contributed by atoms with van der Waals surface area (Å²) < 4.78 is 0. The average molecular weight is 216 g/mol. The molecule has 1 saturated heterocycles. The molecule has 2 heteroatoms. The second kappa shape index (κ2) is 5.15. The first kappa shape index (κ1) is 11.2. The summed E-state index contributed by atoms with van der Waals surface area (Å²) in [5, 5.41) is 0. The molecular formula is C14H20N2. The maximum atomic E-state index is 4.47. The third kappa shape index (κ3) is 2.84. The van der Waals surface area contributed by atoms with Crippen LogP contribution in [-0.2, 0) is 0 Å². The Morgan fingerprint density at radius 1 is 1.25 bits per heavy atom. The molecule has 2 heterocycles. The van der Waals surface area contributed by atoms with Crippen LogP contribution in [-0.4, -0.2) is 18.1 Å². The van der Waals surface area contributed by atoms with E-state index in [0.717, 1.165) is 5.69 Å². The van der Waals surface area contributed by atoms with Crippen molar-refractivity contribution in [1.82, 2.24) is 4.98 Å². The SMILES string of the molecule is CC(C)/C=C/c1ccc(N2CCCC2)cn1. The van der Waals surface area contributed by atoms with Gasteiger partial charge in [0.2, 0.25) is 0 Å². The summed E-state index contributed by atoms with van der Waals surface area (Å²) in [5.74, 6) is 0.583. The van der Waals surface area contributed by atoms with Crippen molar-refractivity contribution in [2.75, 3.05) is 18.0 Å². The van der Waals surface area contributed by atoms with Crippen molar-refractivity contribution in [3.63, 3.8) is 0 Å². The Bertz CT molecular complexity index is 346. The molecule has 0 amide bonds. The van der Waals surface area contributed by atoms with Gasteiger partial charge >= 0.3 is 0 Å². The van der Waals surface area contributed by atoms with Gasteiger partial charge in [-0.05, 0) is 37.0 Å². The molecule has 2 nitrogen and oxygen atoms in total. The molecule has 1 aliphatic heterocycles. The Kier molecular flexibility index (Phi) is 3.60. The van der Waals surface area contributed by atoms with Crippen molar-refractivity contribution in [2.45, 2.75) is 26.7 Å². The Hall–Kier alpha value is -1.31. The standard InChI is InChI=1S/C14H20N2/c1-12(2)5-6-13-7-8-14(11-15-13)16-9-3-4-10-16/h5-8,11-12H,3-4,9-10H2,1-2H3/b6-5+. The lowest BCUT2D eigenvalue weighted by molar-refractivity contribution is 0.836.